The van der Waals surface area contributed by atoms with Crippen LogP contribution in [0.1, 0.15) is 11.1 Å². The van der Waals surface area contributed by atoms with Crippen molar-refractivity contribution in [3.8, 4) is 0 Å². The van der Waals surface area contributed by atoms with Gasteiger partial charge in [-0.15, -0.1) is 0 Å². The van der Waals surface area contributed by atoms with Crippen LogP contribution in [0.2, 0.25) is 5.02 Å². The van der Waals surface area contributed by atoms with E-state index in [2.05, 4.69) is 5.32 Å². The van der Waals surface area contributed by atoms with Crippen molar-refractivity contribution >= 4 is 33.2 Å². The van der Waals surface area contributed by atoms with Crippen molar-refractivity contribution < 1.29 is 13.2 Å². The first-order chi connectivity index (χ1) is 11.3. The summed E-state index contributed by atoms with van der Waals surface area (Å²) in [5, 5.41) is 3.25. The van der Waals surface area contributed by atoms with E-state index in [0.717, 1.165) is 21.7 Å². The summed E-state index contributed by atoms with van der Waals surface area (Å²) in [5.41, 5.74) is 2.05. The minimum atomic E-state index is -3.58. The second kappa shape index (κ2) is 7.68. The Morgan fingerprint density at radius 3 is 2.38 bits per heavy atom. The highest BCUT2D eigenvalue weighted by Gasteiger charge is 2.22. The number of aryl methyl sites for hydroxylation is 1. The number of rotatable bonds is 6. The van der Waals surface area contributed by atoms with E-state index in [0.29, 0.717) is 10.7 Å². The van der Waals surface area contributed by atoms with Gasteiger partial charge in [-0.05, 0) is 30.2 Å². The molecule has 1 amide bonds. The maximum atomic E-state index is 12.2. The summed E-state index contributed by atoms with van der Waals surface area (Å²) in [6, 6.07) is 14.2. The van der Waals surface area contributed by atoms with Crippen molar-refractivity contribution in [3.05, 3.63) is 64.7 Å². The van der Waals surface area contributed by atoms with Crippen molar-refractivity contribution in [3.63, 3.8) is 0 Å². The van der Waals surface area contributed by atoms with Gasteiger partial charge >= 0.3 is 0 Å². The van der Waals surface area contributed by atoms with Crippen LogP contribution in [0.15, 0.2) is 48.5 Å². The third-order valence-electron chi connectivity index (χ3n) is 3.51. The summed E-state index contributed by atoms with van der Waals surface area (Å²) >= 11 is 6.05. The molecule has 0 fully saturated rings. The van der Waals surface area contributed by atoms with Gasteiger partial charge in [-0.1, -0.05) is 48.0 Å². The zero-order valence-corrected chi connectivity index (χ0v) is 15.1. The van der Waals surface area contributed by atoms with Crippen LogP contribution in [0.4, 0.5) is 5.69 Å². The second-order valence-electron chi connectivity index (χ2n) is 5.42. The topological polar surface area (TPSA) is 66.5 Å². The van der Waals surface area contributed by atoms with Gasteiger partial charge in [0.25, 0.3) is 0 Å². The van der Waals surface area contributed by atoms with Crippen LogP contribution < -0.4 is 9.62 Å². The molecule has 0 unspecified atom stereocenters. The van der Waals surface area contributed by atoms with Crippen LogP contribution in [-0.2, 0) is 21.4 Å². The molecule has 0 bridgehead atoms. The van der Waals surface area contributed by atoms with E-state index in [9.17, 15) is 13.2 Å². The maximum Gasteiger partial charge on any atom is 0.241 e. The molecule has 0 radical (unpaired) electrons. The summed E-state index contributed by atoms with van der Waals surface area (Å²) in [7, 11) is -3.58. The van der Waals surface area contributed by atoms with Crippen LogP contribution in [0, 0.1) is 6.92 Å². The SMILES string of the molecule is Cc1ccccc1N(CC(=O)NCc1ccccc1Cl)S(C)(=O)=O. The Labute approximate surface area is 147 Å². The number of para-hydroxylation sites is 1. The highest BCUT2D eigenvalue weighted by molar-refractivity contribution is 7.92. The Balaban J connectivity index is 2.12. The summed E-state index contributed by atoms with van der Waals surface area (Å²) in [5.74, 6) is -0.399. The quantitative estimate of drug-likeness (QED) is 0.854. The lowest BCUT2D eigenvalue weighted by atomic mass is 10.2. The van der Waals surface area contributed by atoms with Gasteiger partial charge < -0.3 is 5.32 Å². The fraction of sp³-hybridized carbons (Fsp3) is 0.235. The van der Waals surface area contributed by atoms with Crippen molar-refractivity contribution in [2.45, 2.75) is 13.5 Å². The number of halogens is 1. The first-order valence-electron chi connectivity index (χ1n) is 7.32. The predicted molar refractivity (Wildman–Crippen MR) is 96.7 cm³/mol. The van der Waals surface area contributed by atoms with Crippen LogP contribution in [-0.4, -0.2) is 27.1 Å². The van der Waals surface area contributed by atoms with Gasteiger partial charge in [0.15, 0.2) is 0 Å². The van der Waals surface area contributed by atoms with Gasteiger partial charge in [0.05, 0.1) is 11.9 Å². The molecule has 0 aromatic heterocycles. The number of nitrogens with zero attached hydrogens (tertiary/aromatic N) is 1. The van der Waals surface area contributed by atoms with E-state index in [1.807, 2.05) is 12.1 Å². The molecule has 0 aliphatic heterocycles. The fourth-order valence-electron chi connectivity index (χ4n) is 2.25. The zero-order valence-electron chi connectivity index (χ0n) is 13.5. The highest BCUT2D eigenvalue weighted by Crippen LogP contribution is 2.21. The minimum absolute atomic E-state index is 0.240. The average Bonchev–Trinajstić information content (AvgIpc) is 2.52. The molecule has 5 nitrogen and oxygen atoms in total. The molecular formula is C17H19ClN2O3S. The van der Waals surface area contributed by atoms with Crippen molar-refractivity contribution in [2.24, 2.45) is 0 Å². The predicted octanol–water partition coefficient (Wildman–Crippen LogP) is 2.73. The van der Waals surface area contributed by atoms with Gasteiger partial charge in [0.2, 0.25) is 15.9 Å². The van der Waals surface area contributed by atoms with Gasteiger partial charge in [0, 0.05) is 11.6 Å². The van der Waals surface area contributed by atoms with E-state index in [-0.39, 0.29) is 13.1 Å². The Morgan fingerprint density at radius 2 is 1.75 bits per heavy atom. The van der Waals surface area contributed by atoms with E-state index in [4.69, 9.17) is 11.6 Å². The van der Waals surface area contributed by atoms with Crippen molar-refractivity contribution in [1.82, 2.24) is 5.32 Å². The number of hydrogen-bond acceptors (Lipinski definition) is 3. The molecule has 128 valence electrons. The molecule has 7 heteroatoms. The third kappa shape index (κ3) is 4.72. The average molecular weight is 367 g/mol. The molecule has 2 aromatic carbocycles. The van der Waals surface area contributed by atoms with Crippen LogP contribution in [0.3, 0.4) is 0 Å². The number of sulfonamides is 1. The lowest BCUT2D eigenvalue weighted by molar-refractivity contribution is -0.119. The van der Waals surface area contributed by atoms with Crippen LogP contribution >= 0.6 is 11.6 Å². The molecule has 24 heavy (non-hydrogen) atoms. The van der Waals surface area contributed by atoms with E-state index in [1.165, 1.54) is 0 Å². The largest absolute Gasteiger partial charge is 0.350 e. The first-order valence-corrected chi connectivity index (χ1v) is 9.55. The van der Waals surface area contributed by atoms with Crippen LogP contribution in [0.25, 0.3) is 0 Å². The molecule has 0 atom stereocenters. The lowest BCUT2D eigenvalue weighted by Gasteiger charge is -2.23. The zero-order chi connectivity index (χ0) is 17.7. The molecule has 0 aliphatic carbocycles. The monoisotopic (exact) mass is 366 g/mol. The summed E-state index contributed by atoms with van der Waals surface area (Å²) in [6.07, 6.45) is 1.08. The number of carbonyl (C=O) groups is 1. The summed E-state index contributed by atoms with van der Waals surface area (Å²) < 4.78 is 25.2. The standard InChI is InChI=1S/C17H19ClN2O3S/c1-13-7-3-6-10-16(13)20(24(2,22)23)12-17(21)19-11-14-8-4-5-9-15(14)18/h3-10H,11-12H2,1-2H3,(H,19,21). The number of amides is 1. The van der Waals surface area contributed by atoms with Gasteiger partial charge in [-0.2, -0.15) is 0 Å². The minimum Gasteiger partial charge on any atom is -0.350 e. The third-order valence-corrected chi connectivity index (χ3v) is 5.00. The number of hydrogen-bond donors (Lipinski definition) is 1. The number of anilines is 1. The van der Waals surface area contributed by atoms with Crippen molar-refractivity contribution in [1.29, 1.82) is 0 Å². The summed E-state index contributed by atoms with van der Waals surface area (Å²) in [6.45, 7) is 1.76. The molecule has 2 rings (SSSR count). The number of nitrogens with one attached hydrogen (secondary N) is 1. The van der Waals surface area contributed by atoms with Gasteiger partial charge in [-0.3, -0.25) is 9.10 Å². The molecule has 2 aromatic rings. The second-order valence-corrected chi connectivity index (χ2v) is 7.74. The normalized spacial score (nSPS) is 11.1. The fourth-order valence-corrected chi connectivity index (χ4v) is 3.36. The van der Waals surface area contributed by atoms with Crippen molar-refractivity contribution in [2.75, 3.05) is 17.1 Å². The van der Waals surface area contributed by atoms with E-state index in [1.54, 1.807) is 43.3 Å². The Hall–Kier alpha value is -2.05. The van der Waals surface area contributed by atoms with Gasteiger partial charge in [-0.25, -0.2) is 8.42 Å². The highest BCUT2D eigenvalue weighted by atomic mass is 35.5. The molecule has 0 aliphatic rings. The molecule has 0 heterocycles. The van der Waals surface area contributed by atoms with Crippen LogP contribution in [0.5, 0.6) is 0 Å². The van der Waals surface area contributed by atoms with E-state index >= 15 is 0 Å². The summed E-state index contributed by atoms with van der Waals surface area (Å²) in [4.78, 5) is 12.2. The molecule has 0 spiro atoms. The Kier molecular flexibility index (Phi) is 5.85. The molecular weight excluding hydrogens is 348 g/mol. The molecule has 1 N–H and O–H groups in total. The molecule has 0 saturated carbocycles. The lowest BCUT2D eigenvalue weighted by Crippen LogP contribution is -2.40. The smallest absolute Gasteiger partial charge is 0.241 e. The van der Waals surface area contributed by atoms with Gasteiger partial charge in [0.1, 0.15) is 6.54 Å². The first kappa shape index (κ1) is 18.3. The number of carbonyl (C=O) groups excluding carboxylic acids is 1. The molecule has 0 saturated heterocycles. The maximum absolute atomic E-state index is 12.2. The Bertz CT molecular complexity index is 837. The van der Waals surface area contributed by atoms with E-state index < -0.39 is 15.9 Å². The Morgan fingerprint density at radius 1 is 1.12 bits per heavy atom. The number of benzene rings is 2.